The molecule has 0 aromatic heterocycles. The molecular formula is C13H13NO. The first-order chi connectivity index (χ1) is 7.27. The van der Waals surface area contributed by atoms with Crippen molar-refractivity contribution in [1.29, 1.82) is 0 Å². The third kappa shape index (κ3) is 2.24. The normalized spacial score (nSPS) is 12.4. The minimum absolute atomic E-state index is 0.0793. The molecule has 0 amide bonds. The van der Waals surface area contributed by atoms with E-state index >= 15 is 0 Å². The second kappa shape index (κ2) is 4.26. The summed E-state index contributed by atoms with van der Waals surface area (Å²) < 4.78 is 0. The zero-order valence-electron chi connectivity index (χ0n) is 8.60. The Kier molecular flexibility index (Phi) is 2.81. The lowest BCUT2D eigenvalue weighted by molar-refractivity contribution is -0.698. The monoisotopic (exact) mass is 199 g/mol. The average Bonchev–Trinajstić information content (AvgIpc) is 2.30. The first-order valence-corrected chi connectivity index (χ1v) is 4.94. The topological polar surface area (TPSA) is 27.5 Å². The fourth-order valence-corrected chi connectivity index (χ4v) is 1.46. The van der Waals surface area contributed by atoms with E-state index < -0.39 is 0 Å². The summed E-state index contributed by atoms with van der Waals surface area (Å²) in [4.78, 5) is 0. The Morgan fingerprint density at radius 1 is 0.800 bits per heavy atom. The van der Waals surface area contributed by atoms with Crippen molar-refractivity contribution in [2.75, 3.05) is 0 Å². The van der Waals surface area contributed by atoms with Gasteiger partial charge in [-0.25, -0.2) is 0 Å². The van der Waals surface area contributed by atoms with Crippen molar-refractivity contribution in [1.82, 2.24) is 0 Å². The van der Waals surface area contributed by atoms with E-state index in [0.29, 0.717) is 0 Å². The Bertz CT molecular complexity index is 422. The molecule has 0 radical (unpaired) electrons. The molecule has 0 bridgehead atoms. The first kappa shape index (κ1) is 9.90. The van der Waals surface area contributed by atoms with E-state index in [4.69, 9.17) is 0 Å². The van der Waals surface area contributed by atoms with Crippen LogP contribution in [0.3, 0.4) is 0 Å². The van der Waals surface area contributed by atoms with E-state index in [0.717, 1.165) is 11.4 Å². The van der Waals surface area contributed by atoms with Crippen molar-refractivity contribution in [3.05, 3.63) is 65.4 Å². The van der Waals surface area contributed by atoms with Gasteiger partial charge in [0, 0.05) is 12.1 Å². The maximum absolute atomic E-state index is 12.0. The standard InChI is InChI=1S/C13H13NO/c1-11-7-9-13(10-8-11)14(15)12-5-3-2-4-6-12/h2-10,14H,1H3. The van der Waals surface area contributed by atoms with Gasteiger partial charge in [0.15, 0.2) is 0 Å². The Morgan fingerprint density at radius 3 is 1.93 bits per heavy atom. The predicted molar refractivity (Wildman–Crippen MR) is 61.3 cm³/mol. The third-order valence-corrected chi connectivity index (χ3v) is 2.35. The summed E-state index contributed by atoms with van der Waals surface area (Å²) in [5, 5.41) is 12.0. The van der Waals surface area contributed by atoms with Gasteiger partial charge < -0.3 is 10.3 Å². The smallest absolute Gasteiger partial charge is 0.136 e. The van der Waals surface area contributed by atoms with E-state index in [1.807, 2.05) is 61.5 Å². The molecule has 0 fully saturated rings. The Labute approximate surface area is 89.4 Å². The molecule has 2 nitrogen and oxygen atoms in total. The van der Waals surface area contributed by atoms with Crippen molar-refractivity contribution in [2.24, 2.45) is 0 Å². The highest BCUT2D eigenvalue weighted by Gasteiger charge is 2.04. The number of quaternary nitrogens is 1. The van der Waals surface area contributed by atoms with Crippen LogP contribution in [0.25, 0.3) is 0 Å². The highest BCUT2D eigenvalue weighted by atomic mass is 16.5. The van der Waals surface area contributed by atoms with E-state index in [9.17, 15) is 5.21 Å². The van der Waals surface area contributed by atoms with Gasteiger partial charge in [-0.15, -0.1) is 0 Å². The predicted octanol–water partition coefficient (Wildman–Crippen LogP) is 2.34. The number of para-hydroxylation sites is 1. The van der Waals surface area contributed by atoms with Crippen molar-refractivity contribution in [3.8, 4) is 0 Å². The molecule has 0 aliphatic rings. The van der Waals surface area contributed by atoms with Gasteiger partial charge in [0.2, 0.25) is 0 Å². The van der Waals surface area contributed by atoms with Crippen molar-refractivity contribution in [3.63, 3.8) is 0 Å². The molecule has 2 heteroatoms. The zero-order valence-corrected chi connectivity index (χ0v) is 8.60. The summed E-state index contributed by atoms with van der Waals surface area (Å²) >= 11 is 0. The van der Waals surface area contributed by atoms with E-state index in [-0.39, 0.29) is 5.06 Å². The molecule has 1 N–H and O–H groups in total. The van der Waals surface area contributed by atoms with Gasteiger partial charge >= 0.3 is 0 Å². The van der Waals surface area contributed by atoms with Gasteiger partial charge in [-0.3, -0.25) is 0 Å². The van der Waals surface area contributed by atoms with Crippen molar-refractivity contribution < 1.29 is 5.06 Å². The van der Waals surface area contributed by atoms with Crippen LogP contribution in [0.1, 0.15) is 5.56 Å². The summed E-state index contributed by atoms with van der Waals surface area (Å²) in [6.45, 7) is 2.01. The van der Waals surface area contributed by atoms with Gasteiger partial charge in [0.05, 0.1) is 0 Å². The molecule has 0 spiro atoms. The number of aryl methyl sites for hydroxylation is 1. The minimum atomic E-state index is 0.0793. The quantitative estimate of drug-likeness (QED) is 0.738. The second-order valence-corrected chi connectivity index (χ2v) is 3.56. The summed E-state index contributed by atoms with van der Waals surface area (Å²) in [5.41, 5.74) is 2.65. The number of hydrogen-bond acceptors (Lipinski definition) is 1. The number of benzene rings is 2. The Balaban J connectivity index is 2.29. The Morgan fingerprint density at radius 2 is 1.33 bits per heavy atom. The Hall–Kier alpha value is -1.64. The van der Waals surface area contributed by atoms with Crippen LogP contribution in [-0.4, -0.2) is 0 Å². The molecule has 1 atom stereocenters. The van der Waals surface area contributed by atoms with Gasteiger partial charge in [0.1, 0.15) is 11.4 Å². The third-order valence-electron chi connectivity index (χ3n) is 2.35. The summed E-state index contributed by atoms with van der Waals surface area (Å²) in [7, 11) is 0. The van der Waals surface area contributed by atoms with Crippen molar-refractivity contribution >= 4 is 11.4 Å². The van der Waals surface area contributed by atoms with Crippen LogP contribution in [0, 0.1) is 12.1 Å². The van der Waals surface area contributed by atoms with Crippen LogP contribution in [-0.2, 0) is 0 Å². The lowest BCUT2D eigenvalue weighted by Gasteiger charge is -2.21. The summed E-state index contributed by atoms with van der Waals surface area (Å²) in [5.74, 6) is 0. The summed E-state index contributed by atoms with van der Waals surface area (Å²) in [6, 6.07) is 17.0. The molecule has 0 saturated heterocycles. The van der Waals surface area contributed by atoms with E-state index in [1.54, 1.807) is 0 Å². The van der Waals surface area contributed by atoms with Crippen LogP contribution in [0.5, 0.6) is 0 Å². The molecular weight excluding hydrogens is 186 g/mol. The molecule has 0 aliphatic heterocycles. The van der Waals surface area contributed by atoms with Crippen LogP contribution in [0.15, 0.2) is 54.6 Å². The molecule has 15 heavy (non-hydrogen) atoms. The van der Waals surface area contributed by atoms with Crippen LogP contribution < -0.4 is 5.06 Å². The number of hydrogen-bond donors (Lipinski definition) is 1. The largest absolute Gasteiger partial charge is 0.623 e. The SMILES string of the molecule is Cc1ccc([NH+]([O-])c2ccccc2)cc1. The van der Waals surface area contributed by atoms with Gasteiger partial charge in [-0.2, -0.15) is 0 Å². The average molecular weight is 199 g/mol. The molecule has 76 valence electrons. The first-order valence-electron chi connectivity index (χ1n) is 4.94. The fraction of sp³-hybridized carbons (Fsp3) is 0.0769. The molecule has 0 heterocycles. The number of nitrogens with one attached hydrogen (secondary N) is 1. The van der Waals surface area contributed by atoms with Gasteiger partial charge in [-0.05, 0) is 19.1 Å². The minimum Gasteiger partial charge on any atom is -0.623 e. The molecule has 1 unspecified atom stereocenters. The second-order valence-electron chi connectivity index (χ2n) is 3.56. The molecule has 2 rings (SSSR count). The fourth-order valence-electron chi connectivity index (χ4n) is 1.46. The highest BCUT2D eigenvalue weighted by Crippen LogP contribution is 2.08. The maximum Gasteiger partial charge on any atom is 0.136 e. The zero-order chi connectivity index (χ0) is 10.7. The van der Waals surface area contributed by atoms with E-state index in [1.165, 1.54) is 5.56 Å². The molecule has 0 saturated carbocycles. The van der Waals surface area contributed by atoms with Crippen molar-refractivity contribution in [2.45, 2.75) is 6.92 Å². The number of rotatable bonds is 2. The van der Waals surface area contributed by atoms with E-state index in [2.05, 4.69) is 0 Å². The van der Waals surface area contributed by atoms with Gasteiger partial charge in [0.25, 0.3) is 0 Å². The van der Waals surface area contributed by atoms with Gasteiger partial charge in [-0.1, -0.05) is 35.9 Å². The highest BCUT2D eigenvalue weighted by molar-refractivity contribution is 5.38. The molecule has 0 aliphatic carbocycles. The lowest BCUT2D eigenvalue weighted by atomic mass is 10.2. The lowest BCUT2D eigenvalue weighted by Crippen LogP contribution is -2.96. The molecule has 2 aromatic rings. The van der Waals surface area contributed by atoms with Crippen LogP contribution >= 0.6 is 0 Å². The summed E-state index contributed by atoms with van der Waals surface area (Å²) in [6.07, 6.45) is 0. The van der Waals surface area contributed by atoms with Crippen LogP contribution in [0.2, 0.25) is 0 Å². The maximum atomic E-state index is 12.0. The van der Waals surface area contributed by atoms with Crippen LogP contribution in [0.4, 0.5) is 11.4 Å². The molecule has 2 aromatic carbocycles.